The topological polar surface area (TPSA) is 27.8 Å². The SMILES string of the molecule is CC.CCc1ccc(NSc2c[nH]c(-c3ccccc3)c2)c(F)c1. The van der Waals surface area contributed by atoms with E-state index in [0.717, 1.165) is 28.1 Å². The zero-order chi connectivity index (χ0) is 17.4. The molecule has 3 aromatic rings. The Morgan fingerprint density at radius 1 is 1.04 bits per heavy atom. The van der Waals surface area contributed by atoms with Crippen LogP contribution in [-0.4, -0.2) is 4.98 Å². The van der Waals surface area contributed by atoms with Gasteiger partial charge in [-0.15, -0.1) is 0 Å². The van der Waals surface area contributed by atoms with E-state index in [4.69, 9.17) is 0 Å². The van der Waals surface area contributed by atoms with Crippen molar-refractivity contribution in [1.29, 1.82) is 0 Å². The molecule has 0 aliphatic carbocycles. The first-order valence-corrected chi connectivity index (χ1v) is 9.03. The largest absolute Gasteiger partial charge is 0.360 e. The van der Waals surface area contributed by atoms with Crippen LogP contribution in [-0.2, 0) is 6.42 Å². The molecule has 0 atom stereocenters. The normalized spacial score (nSPS) is 10.0. The van der Waals surface area contributed by atoms with E-state index in [9.17, 15) is 4.39 Å². The molecule has 0 spiro atoms. The molecule has 0 fully saturated rings. The van der Waals surface area contributed by atoms with Crippen molar-refractivity contribution >= 4 is 17.6 Å². The van der Waals surface area contributed by atoms with E-state index >= 15 is 0 Å². The third-order valence-electron chi connectivity index (χ3n) is 3.46. The van der Waals surface area contributed by atoms with E-state index in [0.29, 0.717) is 5.69 Å². The van der Waals surface area contributed by atoms with E-state index in [1.807, 2.05) is 57.3 Å². The summed E-state index contributed by atoms with van der Waals surface area (Å²) in [7, 11) is 0. The van der Waals surface area contributed by atoms with Crippen LogP contribution in [0, 0.1) is 5.82 Å². The molecule has 0 amide bonds. The van der Waals surface area contributed by atoms with Crippen molar-refractivity contribution in [2.45, 2.75) is 32.1 Å². The monoisotopic (exact) mass is 342 g/mol. The highest BCUT2D eigenvalue weighted by Gasteiger charge is 2.05. The number of aromatic amines is 1. The quantitative estimate of drug-likeness (QED) is 0.516. The number of anilines is 1. The summed E-state index contributed by atoms with van der Waals surface area (Å²) in [6.45, 7) is 6.02. The van der Waals surface area contributed by atoms with Gasteiger partial charge in [0.1, 0.15) is 5.82 Å². The lowest BCUT2D eigenvalue weighted by Crippen LogP contribution is -1.92. The van der Waals surface area contributed by atoms with Gasteiger partial charge in [-0.2, -0.15) is 0 Å². The molecule has 0 bridgehead atoms. The fraction of sp³-hybridized carbons (Fsp3) is 0.200. The number of halogens is 1. The number of hydrogen-bond donors (Lipinski definition) is 2. The van der Waals surface area contributed by atoms with Crippen molar-refractivity contribution in [3.63, 3.8) is 0 Å². The summed E-state index contributed by atoms with van der Waals surface area (Å²) in [5.41, 5.74) is 3.69. The van der Waals surface area contributed by atoms with Crippen molar-refractivity contribution in [2.75, 3.05) is 4.72 Å². The second-order valence-electron chi connectivity index (χ2n) is 4.99. The van der Waals surface area contributed by atoms with Crippen LogP contribution >= 0.6 is 11.9 Å². The van der Waals surface area contributed by atoms with Gasteiger partial charge in [0, 0.05) is 16.8 Å². The van der Waals surface area contributed by atoms with Gasteiger partial charge >= 0.3 is 0 Å². The lowest BCUT2D eigenvalue weighted by Gasteiger charge is -2.06. The van der Waals surface area contributed by atoms with Gasteiger partial charge in [0.15, 0.2) is 0 Å². The summed E-state index contributed by atoms with van der Waals surface area (Å²) in [6.07, 6.45) is 2.75. The van der Waals surface area contributed by atoms with E-state index in [1.54, 1.807) is 12.1 Å². The number of aromatic nitrogens is 1. The third kappa shape index (κ3) is 4.65. The van der Waals surface area contributed by atoms with E-state index in [2.05, 4.69) is 21.8 Å². The Morgan fingerprint density at radius 2 is 1.79 bits per heavy atom. The average molecular weight is 342 g/mol. The Bertz CT molecular complexity index is 753. The number of hydrogen-bond acceptors (Lipinski definition) is 2. The van der Waals surface area contributed by atoms with Gasteiger partial charge in [0.05, 0.1) is 5.69 Å². The first kappa shape index (κ1) is 18.1. The van der Waals surface area contributed by atoms with Gasteiger partial charge in [0.2, 0.25) is 0 Å². The number of aryl methyl sites for hydroxylation is 1. The molecule has 0 aliphatic rings. The van der Waals surface area contributed by atoms with Crippen molar-refractivity contribution in [3.8, 4) is 11.3 Å². The molecule has 0 unspecified atom stereocenters. The zero-order valence-electron chi connectivity index (χ0n) is 14.3. The number of nitrogens with one attached hydrogen (secondary N) is 2. The van der Waals surface area contributed by atoms with Crippen molar-refractivity contribution in [2.24, 2.45) is 0 Å². The van der Waals surface area contributed by atoms with Crippen molar-refractivity contribution < 1.29 is 4.39 Å². The smallest absolute Gasteiger partial charge is 0.147 e. The molecule has 0 saturated carbocycles. The third-order valence-corrected chi connectivity index (χ3v) is 4.26. The van der Waals surface area contributed by atoms with Crippen LogP contribution in [0.25, 0.3) is 11.3 Å². The predicted octanol–water partition coefficient (Wildman–Crippen LogP) is 6.53. The first-order valence-electron chi connectivity index (χ1n) is 8.21. The fourth-order valence-electron chi connectivity index (χ4n) is 2.19. The Kier molecular flexibility index (Phi) is 6.94. The highest BCUT2D eigenvalue weighted by atomic mass is 32.2. The second-order valence-corrected chi connectivity index (χ2v) is 5.87. The standard InChI is InChI=1S/C18H17FN2S.C2H6/c1-2-13-8-9-17(16(19)10-13)21-22-15-11-18(20-12-15)14-6-4-3-5-7-14;1-2/h3-12,20-21H,2H2,1H3;1-2H3. The number of benzene rings is 2. The average Bonchev–Trinajstić information content (AvgIpc) is 3.12. The summed E-state index contributed by atoms with van der Waals surface area (Å²) >= 11 is 1.40. The molecular weight excluding hydrogens is 319 g/mol. The van der Waals surface area contributed by atoms with Crippen molar-refractivity contribution in [3.05, 3.63) is 72.2 Å². The maximum atomic E-state index is 13.9. The van der Waals surface area contributed by atoms with Gasteiger partial charge in [-0.1, -0.05) is 57.2 Å². The van der Waals surface area contributed by atoms with Crippen LogP contribution in [0.3, 0.4) is 0 Å². The maximum Gasteiger partial charge on any atom is 0.147 e. The van der Waals surface area contributed by atoms with Crippen LogP contribution in [0.5, 0.6) is 0 Å². The molecule has 126 valence electrons. The lowest BCUT2D eigenvalue weighted by molar-refractivity contribution is 0.630. The highest BCUT2D eigenvalue weighted by Crippen LogP contribution is 2.27. The van der Waals surface area contributed by atoms with Gasteiger partial charge in [-0.25, -0.2) is 4.39 Å². The number of H-pyrrole nitrogens is 1. The predicted molar refractivity (Wildman–Crippen MR) is 103 cm³/mol. The molecule has 0 saturated heterocycles. The molecule has 0 aliphatic heterocycles. The molecule has 3 rings (SSSR count). The van der Waals surface area contributed by atoms with Gasteiger partial charge in [0.25, 0.3) is 0 Å². The second kappa shape index (κ2) is 9.18. The maximum absolute atomic E-state index is 13.9. The van der Waals surface area contributed by atoms with Gasteiger partial charge in [-0.3, -0.25) is 0 Å². The van der Waals surface area contributed by atoms with E-state index in [1.165, 1.54) is 11.9 Å². The Balaban J connectivity index is 0.00000100. The summed E-state index contributed by atoms with van der Waals surface area (Å²) < 4.78 is 17.0. The van der Waals surface area contributed by atoms with Crippen LogP contribution in [0.1, 0.15) is 26.3 Å². The molecule has 1 heterocycles. The summed E-state index contributed by atoms with van der Waals surface area (Å²) in [6, 6.07) is 17.5. The molecule has 0 radical (unpaired) electrons. The fourth-order valence-corrected chi connectivity index (χ4v) is 2.88. The summed E-state index contributed by atoms with van der Waals surface area (Å²) in [5.74, 6) is -0.217. The van der Waals surface area contributed by atoms with Crippen LogP contribution in [0.4, 0.5) is 10.1 Å². The van der Waals surface area contributed by atoms with E-state index in [-0.39, 0.29) is 5.82 Å². The molecular formula is C20H23FN2S. The summed E-state index contributed by atoms with van der Waals surface area (Å²) in [4.78, 5) is 4.25. The van der Waals surface area contributed by atoms with Crippen LogP contribution < -0.4 is 4.72 Å². The molecule has 4 heteroatoms. The molecule has 2 aromatic carbocycles. The zero-order valence-corrected chi connectivity index (χ0v) is 15.1. The highest BCUT2D eigenvalue weighted by molar-refractivity contribution is 8.00. The van der Waals surface area contributed by atoms with E-state index < -0.39 is 0 Å². The Labute approximate surface area is 147 Å². The minimum Gasteiger partial charge on any atom is -0.360 e. The Hall–Kier alpha value is -2.20. The van der Waals surface area contributed by atoms with Crippen molar-refractivity contribution in [1.82, 2.24) is 4.98 Å². The number of rotatable bonds is 5. The lowest BCUT2D eigenvalue weighted by atomic mass is 10.1. The minimum atomic E-state index is -0.217. The van der Waals surface area contributed by atoms with Gasteiger partial charge in [-0.05, 0) is 47.7 Å². The van der Waals surface area contributed by atoms with Gasteiger partial charge < -0.3 is 9.71 Å². The minimum absolute atomic E-state index is 0.217. The van der Waals surface area contributed by atoms with Crippen LogP contribution in [0.2, 0.25) is 0 Å². The molecule has 2 N–H and O–H groups in total. The molecule has 2 nitrogen and oxygen atoms in total. The van der Waals surface area contributed by atoms with Crippen LogP contribution in [0.15, 0.2) is 65.7 Å². The first-order chi connectivity index (χ1) is 11.8. The molecule has 1 aromatic heterocycles. The molecule has 24 heavy (non-hydrogen) atoms. The Morgan fingerprint density at radius 3 is 2.46 bits per heavy atom. The summed E-state index contributed by atoms with van der Waals surface area (Å²) in [5, 5.41) is 0.